The van der Waals surface area contributed by atoms with Crippen molar-refractivity contribution in [1.82, 2.24) is 25.4 Å². The molecule has 9 nitrogen and oxygen atoms in total. The van der Waals surface area contributed by atoms with Crippen molar-refractivity contribution in [1.29, 1.82) is 0 Å². The van der Waals surface area contributed by atoms with Crippen molar-refractivity contribution < 1.29 is 22.4 Å². The molecule has 33 heavy (non-hydrogen) atoms. The molecule has 0 aliphatic heterocycles. The lowest BCUT2D eigenvalue weighted by Crippen LogP contribution is -2.41. The van der Waals surface area contributed by atoms with Crippen LogP contribution in [0, 0.1) is 12.7 Å². The summed E-state index contributed by atoms with van der Waals surface area (Å²) in [7, 11) is -4.29. The van der Waals surface area contributed by atoms with Gasteiger partial charge in [0.15, 0.2) is 0 Å². The van der Waals surface area contributed by atoms with Gasteiger partial charge in [-0.3, -0.25) is 15.0 Å². The van der Waals surface area contributed by atoms with Crippen LogP contribution in [0.1, 0.15) is 21.5 Å². The van der Waals surface area contributed by atoms with E-state index < -0.39 is 26.6 Å². The molecule has 172 valence electrons. The third kappa shape index (κ3) is 6.11. The second-order valence-corrected chi connectivity index (χ2v) is 8.74. The summed E-state index contributed by atoms with van der Waals surface area (Å²) in [6.45, 7) is 5.58. The Hall–Kier alpha value is -3.83. The molecule has 0 fully saturated rings. The summed E-state index contributed by atoms with van der Waals surface area (Å²) in [5, 5.41) is 6.96. The van der Waals surface area contributed by atoms with E-state index in [4.69, 9.17) is 0 Å². The molecule has 0 unspecified atom stereocenters. The van der Waals surface area contributed by atoms with E-state index >= 15 is 0 Å². The van der Waals surface area contributed by atoms with Gasteiger partial charge in [0.1, 0.15) is 10.7 Å². The van der Waals surface area contributed by atoms with E-state index in [2.05, 4.69) is 22.4 Å². The van der Waals surface area contributed by atoms with Crippen molar-refractivity contribution in [2.75, 3.05) is 6.54 Å². The molecule has 3 rings (SSSR count). The summed E-state index contributed by atoms with van der Waals surface area (Å²) in [4.78, 5) is 25.1. The van der Waals surface area contributed by atoms with Gasteiger partial charge in [0.25, 0.3) is 15.9 Å². The van der Waals surface area contributed by atoms with Crippen LogP contribution >= 0.6 is 0 Å². The van der Waals surface area contributed by atoms with E-state index in [1.165, 1.54) is 24.3 Å². The van der Waals surface area contributed by atoms with Gasteiger partial charge >= 0.3 is 0 Å². The van der Waals surface area contributed by atoms with Crippen LogP contribution in [0.5, 0.6) is 0 Å². The maximum absolute atomic E-state index is 13.8. The predicted molar refractivity (Wildman–Crippen MR) is 119 cm³/mol. The standard InChI is InChI=1S/C22H22FN5O4S/c1-3-21(29)24-9-8-16-13-25-28(14-16)18-11-15(2)10-17(12-18)22(30)26-27-33(31,32)20-7-5-4-6-19(20)23/h3-7,10-14,27H,1,8-9H2,2H3,(H,24,29)(H,26,30). The van der Waals surface area contributed by atoms with Crippen molar-refractivity contribution >= 4 is 21.8 Å². The summed E-state index contributed by atoms with van der Waals surface area (Å²) in [5.74, 6) is -1.92. The zero-order valence-corrected chi connectivity index (χ0v) is 18.5. The van der Waals surface area contributed by atoms with Crippen LogP contribution < -0.4 is 15.6 Å². The van der Waals surface area contributed by atoms with Crippen LogP contribution in [0.2, 0.25) is 0 Å². The monoisotopic (exact) mass is 471 g/mol. The van der Waals surface area contributed by atoms with Crippen molar-refractivity contribution in [2.45, 2.75) is 18.2 Å². The third-order valence-electron chi connectivity index (χ3n) is 4.55. The van der Waals surface area contributed by atoms with Crippen molar-refractivity contribution in [3.05, 3.63) is 90.0 Å². The largest absolute Gasteiger partial charge is 0.352 e. The first-order valence-electron chi connectivity index (χ1n) is 9.82. The number of aromatic nitrogens is 2. The molecule has 11 heteroatoms. The van der Waals surface area contributed by atoms with Gasteiger partial charge in [-0.1, -0.05) is 18.7 Å². The van der Waals surface area contributed by atoms with Crippen LogP contribution in [-0.2, 0) is 21.2 Å². The topological polar surface area (TPSA) is 122 Å². The normalized spacial score (nSPS) is 11.1. The summed E-state index contributed by atoms with van der Waals surface area (Å²) in [6, 6.07) is 9.75. The van der Waals surface area contributed by atoms with Crippen LogP contribution in [-0.4, -0.2) is 36.6 Å². The molecule has 2 amide bonds. The Balaban J connectivity index is 1.71. The Labute approximate surface area is 190 Å². The number of halogens is 1. The Morgan fingerprint density at radius 3 is 2.70 bits per heavy atom. The number of hydrogen-bond donors (Lipinski definition) is 3. The smallest absolute Gasteiger partial charge is 0.266 e. The highest BCUT2D eigenvalue weighted by molar-refractivity contribution is 7.89. The number of nitrogens with zero attached hydrogens (tertiary/aromatic N) is 2. The average Bonchev–Trinajstić information content (AvgIpc) is 3.26. The molecule has 0 saturated heterocycles. The quantitative estimate of drug-likeness (QED) is 0.324. The van der Waals surface area contributed by atoms with Crippen molar-refractivity contribution in [2.24, 2.45) is 0 Å². The first-order valence-corrected chi connectivity index (χ1v) is 11.3. The second kappa shape index (κ2) is 10.2. The molecule has 1 aromatic heterocycles. The number of carbonyl (C=O) groups is 2. The van der Waals surface area contributed by atoms with Gasteiger partial charge in [0, 0.05) is 18.3 Å². The second-order valence-electron chi connectivity index (χ2n) is 7.09. The highest BCUT2D eigenvalue weighted by Gasteiger charge is 2.20. The number of carbonyl (C=O) groups excluding carboxylic acids is 2. The maximum atomic E-state index is 13.8. The third-order valence-corrected chi connectivity index (χ3v) is 5.83. The molecule has 0 bridgehead atoms. The Morgan fingerprint density at radius 2 is 1.97 bits per heavy atom. The minimum Gasteiger partial charge on any atom is -0.352 e. The Bertz CT molecular complexity index is 1300. The van der Waals surface area contributed by atoms with E-state index in [1.54, 1.807) is 36.1 Å². The molecule has 0 radical (unpaired) electrons. The van der Waals surface area contributed by atoms with Crippen LogP contribution in [0.3, 0.4) is 0 Å². The molecule has 2 aromatic carbocycles. The molecule has 0 spiro atoms. The minimum atomic E-state index is -4.29. The SMILES string of the molecule is C=CC(=O)NCCc1cnn(-c2cc(C)cc(C(=O)NNS(=O)(=O)c3ccccc3F)c2)c1. The van der Waals surface area contributed by atoms with E-state index in [9.17, 15) is 22.4 Å². The number of aryl methyl sites for hydroxylation is 1. The van der Waals surface area contributed by atoms with Crippen LogP contribution in [0.25, 0.3) is 5.69 Å². The first-order chi connectivity index (χ1) is 15.7. The lowest BCUT2D eigenvalue weighted by Gasteiger charge is -2.11. The highest BCUT2D eigenvalue weighted by atomic mass is 32.2. The van der Waals surface area contributed by atoms with Crippen LogP contribution in [0.4, 0.5) is 4.39 Å². The number of nitrogens with one attached hydrogen (secondary N) is 3. The molecular weight excluding hydrogens is 449 g/mol. The fourth-order valence-electron chi connectivity index (χ4n) is 2.96. The molecular formula is C22H22FN5O4S. The van der Waals surface area contributed by atoms with E-state index in [-0.39, 0.29) is 11.5 Å². The molecule has 1 heterocycles. The van der Waals surface area contributed by atoms with Gasteiger partial charge in [-0.25, -0.2) is 17.5 Å². The number of benzene rings is 2. The Morgan fingerprint density at radius 1 is 1.21 bits per heavy atom. The van der Waals surface area contributed by atoms with Gasteiger partial charge < -0.3 is 5.32 Å². The molecule has 0 aliphatic rings. The Kier molecular flexibility index (Phi) is 7.36. The predicted octanol–water partition coefficient (Wildman–Crippen LogP) is 1.79. The molecule has 3 aromatic rings. The maximum Gasteiger partial charge on any atom is 0.266 e. The van der Waals surface area contributed by atoms with Crippen LogP contribution in [0.15, 0.2) is 72.4 Å². The van der Waals surface area contributed by atoms with Gasteiger partial charge in [-0.2, -0.15) is 5.10 Å². The number of sulfonamides is 1. The fraction of sp³-hybridized carbons (Fsp3) is 0.136. The summed E-state index contributed by atoms with van der Waals surface area (Å²) in [6.07, 6.45) is 5.15. The molecule has 0 atom stereocenters. The van der Waals surface area contributed by atoms with E-state index in [0.29, 0.717) is 18.7 Å². The lowest BCUT2D eigenvalue weighted by atomic mass is 10.1. The summed E-state index contributed by atoms with van der Waals surface area (Å²) >= 11 is 0. The van der Waals surface area contributed by atoms with E-state index in [1.807, 2.05) is 4.83 Å². The van der Waals surface area contributed by atoms with Gasteiger partial charge in [-0.15, -0.1) is 4.83 Å². The number of hydrogen-bond acceptors (Lipinski definition) is 5. The fourth-order valence-corrected chi connectivity index (χ4v) is 3.88. The van der Waals surface area contributed by atoms with Gasteiger partial charge in [-0.05, 0) is 60.9 Å². The van der Waals surface area contributed by atoms with Gasteiger partial charge in [0.2, 0.25) is 5.91 Å². The summed E-state index contributed by atoms with van der Waals surface area (Å²) < 4.78 is 39.9. The van der Waals surface area contributed by atoms with Crippen molar-refractivity contribution in [3.8, 4) is 5.69 Å². The molecule has 3 N–H and O–H groups in total. The first kappa shape index (κ1) is 23.8. The van der Waals surface area contributed by atoms with Gasteiger partial charge in [0.05, 0.1) is 11.9 Å². The zero-order valence-electron chi connectivity index (χ0n) is 17.7. The average molecular weight is 472 g/mol. The van der Waals surface area contributed by atoms with Crippen molar-refractivity contribution in [3.63, 3.8) is 0 Å². The number of amides is 2. The number of hydrazine groups is 1. The number of rotatable bonds is 9. The molecule has 0 aliphatic carbocycles. The lowest BCUT2D eigenvalue weighted by molar-refractivity contribution is -0.116. The zero-order chi connectivity index (χ0) is 24.0. The van der Waals surface area contributed by atoms with E-state index in [0.717, 1.165) is 23.3 Å². The molecule has 0 saturated carbocycles. The minimum absolute atomic E-state index is 0.177. The highest BCUT2D eigenvalue weighted by Crippen LogP contribution is 2.16. The summed E-state index contributed by atoms with van der Waals surface area (Å²) in [5.41, 5.74) is 4.46.